The van der Waals surface area contributed by atoms with Gasteiger partial charge in [-0.25, -0.2) is 4.79 Å². The topological polar surface area (TPSA) is 68.8 Å². The molecule has 22 heavy (non-hydrogen) atoms. The third-order valence-corrected chi connectivity index (χ3v) is 2.71. The molecular formula is C14H20F2N2O4. The molecule has 0 aliphatic heterocycles. The Hall–Kier alpha value is -2.09. The molecule has 1 aromatic rings. The summed E-state index contributed by atoms with van der Waals surface area (Å²) in [6.07, 6.45) is 0.707. The van der Waals surface area contributed by atoms with Crippen LogP contribution in [-0.4, -0.2) is 40.0 Å². The quantitative estimate of drug-likeness (QED) is 0.685. The molecule has 0 saturated carbocycles. The molecule has 1 rings (SSSR count). The van der Waals surface area contributed by atoms with Crippen molar-refractivity contribution >= 4 is 6.03 Å². The summed E-state index contributed by atoms with van der Waals surface area (Å²) in [6.45, 7) is -1.71. The monoisotopic (exact) mass is 318 g/mol. The summed E-state index contributed by atoms with van der Waals surface area (Å²) in [7, 11) is 2.95. The minimum Gasteiger partial charge on any atom is -0.493 e. The Morgan fingerprint density at radius 2 is 2.00 bits per heavy atom. The molecule has 0 aliphatic rings. The number of urea groups is 1. The van der Waals surface area contributed by atoms with Gasteiger partial charge in [-0.15, -0.1) is 0 Å². The van der Waals surface area contributed by atoms with E-state index < -0.39 is 6.61 Å². The molecule has 1 aromatic carbocycles. The molecule has 0 heterocycles. The number of methoxy groups -OCH3 is 2. The fourth-order valence-electron chi connectivity index (χ4n) is 1.68. The minimum atomic E-state index is -2.94. The first-order valence-electron chi connectivity index (χ1n) is 6.69. The second-order valence-electron chi connectivity index (χ2n) is 4.32. The van der Waals surface area contributed by atoms with Crippen molar-refractivity contribution in [3.05, 3.63) is 23.8 Å². The number of hydrogen-bond acceptors (Lipinski definition) is 4. The van der Waals surface area contributed by atoms with E-state index in [0.717, 1.165) is 0 Å². The third kappa shape index (κ3) is 6.57. The molecule has 0 fully saturated rings. The number of nitrogens with one attached hydrogen (secondary N) is 2. The Morgan fingerprint density at radius 1 is 1.23 bits per heavy atom. The number of carbonyl (C=O) groups excluding carboxylic acids is 1. The molecule has 0 saturated heterocycles. The predicted octanol–water partition coefficient (Wildman–Crippen LogP) is 2.13. The van der Waals surface area contributed by atoms with Crippen LogP contribution in [0.3, 0.4) is 0 Å². The number of halogens is 2. The number of carbonyl (C=O) groups is 1. The number of amides is 2. The Morgan fingerprint density at radius 3 is 2.64 bits per heavy atom. The van der Waals surface area contributed by atoms with E-state index in [4.69, 9.17) is 9.47 Å². The van der Waals surface area contributed by atoms with Crippen molar-refractivity contribution in [2.75, 3.05) is 27.4 Å². The lowest BCUT2D eigenvalue weighted by molar-refractivity contribution is -0.0512. The van der Waals surface area contributed by atoms with E-state index >= 15 is 0 Å². The van der Waals surface area contributed by atoms with Gasteiger partial charge in [0.25, 0.3) is 0 Å². The first-order valence-corrected chi connectivity index (χ1v) is 6.69. The van der Waals surface area contributed by atoms with Gasteiger partial charge in [0.2, 0.25) is 0 Å². The van der Waals surface area contributed by atoms with E-state index in [1.807, 2.05) is 0 Å². The van der Waals surface area contributed by atoms with Gasteiger partial charge in [-0.3, -0.25) is 0 Å². The van der Waals surface area contributed by atoms with Crippen LogP contribution in [-0.2, 0) is 11.3 Å². The molecule has 0 bridgehead atoms. The van der Waals surface area contributed by atoms with Crippen molar-refractivity contribution in [1.82, 2.24) is 10.6 Å². The van der Waals surface area contributed by atoms with Gasteiger partial charge in [0, 0.05) is 26.8 Å². The van der Waals surface area contributed by atoms with Gasteiger partial charge in [0.1, 0.15) is 0 Å². The maximum atomic E-state index is 12.3. The summed E-state index contributed by atoms with van der Waals surface area (Å²) in [4.78, 5) is 11.5. The Balaban J connectivity index is 2.49. The van der Waals surface area contributed by atoms with Crippen molar-refractivity contribution in [2.45, 2.75) is 19.6 Å². The second kappa shape index (κ2) is 9.78. The van der Waals surface area contributed by atoms with Gasteiger partial charge < -0.3 is 24.8 Å². The Bertz CT molecular complexity index is 472. The van der Waals surface area contributed by atoms with Crippen LogP contribution in [0.4, 0.5) is 13.6 Å². The van der Waals surface area contributed by atoms with Crippen LogP contribution >= 0.6 is 0 Å². The van der Waals surface area contributed by atoms with Crippen molar-refractivity contribution in [3.63, 3.8) is 0 Å². The SMILES string of the molecule is COCCCNC(=O)NCc1ccc(OC)c(OC(F)F)c1. The second-order valence-corrected chi connectivity index (χ2v) is 4.32. The fourth-order valence-corrected chi connectivity index (χ4v) is 1.68. The summed E-state index contributed by atoms with van der Waals surface area (Å²) < 4.78 is 38.8. The molecule has 0 spiro atoms. The highest BCUT2D eigenvalue weighted by molar-refractivity contribution is 5.73. The van der Waals surface area contributed by atoms with Gasteiger partial charge in [-0.05, 0) is 24.1 Å². The van der Waals surface area contributed by atoms with Crippen molar-refractivity contribution in [2.24, 2.45) is 0 Å². The number of rotatable bonds is 9. The van der Waals surface area contributed by atoms with E-state index in [2.05, 4.69) is 15.4 Å². The fraction of sp³-hybridized carbons (Fsp3) is 0.500. The molecule has 0 aliphatic carbocycles. The lowest BCUT2D eigenvalue weighted by Crippen LogP contribution is -2.35. The molecule has 0 atom stereocenters. The third-order valence-electron chi connectivity index (χ3n) is 2.71. The van der Waals surface area contributed by atoms with E-state index in [-0.39, 0.29) is 24.1 Å². The van der Waals surface area contributed by atoms with Gasteiger partial charge in [0.05, 0.1) is 7.11 Å². The van der Waals surface area contributed by atoms with Crippen molar-refractivity contribution in [1.29, 1.82) is 0 Å². The van der Waals surface area contributed by atoms with E-state index in [1.165, 1.54) is 19.2 Å². The normalized spacial score (nSPS) is 10.4. The van der Waals surface area contributed by atoms with E-state index in [0.29, 0.717) is 25.1 Å². The number of ether oxygens (including phenoxy) is 3. The molecule has 8 heteroatoms. The summed E-state index contributed by atoms with van der Waals surface area (Å²) in [5.41, 5.74) is 0.614. The van der Waals surface area contributed by atoms with Gasteiger partial charge in [0.15, 0.2) is 11.5 Å². The van der Waals surface area contributed by atoms with Crippen LogP contribution in [0.2, 0.25) is 0 Å². The van der Waals surface area contributed by atoms with Crippen LogP contribution in [0.1, 0.15) is 12.0 Å². The molecule has 2 N–H and O–H groups in total. The standard InChI is InChI=1S/C14H20F2N2O4/c1-20-7-3-6-17-14(19)18-9-10-4-5-11(21-2)12(8-10)22-13(15)16/h4-5,8,13H,3,6-7,9H2,1-2H3,(H2,17,18,19). The maximum absolute atomic E-state index is 12.3. The van der Waals surface area contributed by atoms with E-state index in [1.54, 1.807) is 13.2 Å². The van der Waals surface area contributed by atoms with Crippen molar-refractivity contribution in [3.8, 4) is 11.5 Å². The van der Waals surface area contributed by atoms with Gasteiger partial charge in [-0.2, -0.15) is 8.78 Å². The van der Waals surface area contributed by atoms with Gasteiger partial charge in [-0.1, -0.05) is 6.07 Å². The molecule has 124 valence electrons. The zero-order chi connectivity index (χ0) is 16.4. The number of alkyl halides is 2. The Labute approximate surface area is 127 Å². The van der Waals surface area contributed by atoms with Gasteiger partial charge >= 0.3 is 12.6 Å². The largest absolute Gasteiger partial charge is 0.493 e. The lowest BCUT2D eigenvalue weighted by atomic mass is 10.2. The van der Waals surface area contributed by atoms with Crippen LogP contribution < -0.4 is 20.1 Å². The zero-order valence-corrected chi connectivity index (χ0v) is 12.5. The highest BCUT2D eigenvalue weighted by atomic mass is 19.3. The zero-order valence-electron chi connectivity index (χ0n) is 12.5. The summed E-state index contributed by atoms with van der Waals surface area (Å²) in [5.74, 6) is 0.130. The summed E-state index contributed by atoms with van der Waals surface area (Å²) in [5, 5.41) is 5.27. The average molecular weight is 318 g/mol. The molecule has 0 radical (unpaired) electrons. The molecule has 0 unspecified atom stereocenters. The highest BCUT2D eigenvalue weighted by Crippen LogP contribution is 2.29. The van der Waals surface area contributed by atoms with Crippen LogP contribution in [0.25, 0.3) is 0 Å². The summed E-state index contributed by atoms with van der Waals surface area (Å²) in [6, 6.07) is 4.22. The Kier molecular flexibility index (Phi) is 7.98. The van der Waals surface area contributed by atoms with Crippen molar-refractivity contribution < 1.29 is 27.8 Å². The number of benzene rings is 1. The first kappa shape index (κ1) is 18.0. The van der Waals surface area contributed by atoms with Crippen LogP contribution in [0, 0.1) is 0 Å². The van der Waals surface area contributed by atoms with E-state index in [9.17, 15) is 13.6 Å². The maximum Gasteiger partial charge on any atom is 0.387 e. The average Bonchev–Trinajstić information content (AvgIpc) is 2.49. The van der Waals surface area contributed by atoms with Crippen LogP contribution in [0.15, 0.2) is 18.2 Å². The molecule has 0 aromatic heterocycles. The minimum absolute atomic E-state index is 0.0719. The highest BCUT2D eigenvalue weighted by Gasteiger charge is 2.11. The first-order chi connectivity index (χ1) is 10.6. The lowest BCUT2D eigenvalue weighted by Gasteiger charge is -2.12. The van der Waals surface area contributed by atoms with Crippen LogP contribution in [0.5, 0.6) is 11.5 Å². The predicted molar refractivity (Wildman–Crippen MR) is 76.4 cm³/mol. The molecule has 6 nitrogen and oxygen atoms in total. The number of hydrogen-bond donors (Lipinski definition) is 2. The summed E-state index contributed by atoms with van der Waals surface area (Å²) >= 11 is 0. The molecule has 2 amide bonds. The smallest absolute Gasteiger partial charge is 0.387 e. The molecular weight excluding hydrogens is 298 g/mol.